The number of hydrogen-bond donors (Lipinski definition) is 0. The van der Waals surface area contributed by atoms with E-state index in [9.17, 15) is 0 Å². The molecule has 0 radical (unpaired) electrons. The third-order valence-corrected chi connectivity index (χ3v) is 3.42. The topological polar surface area (TPSA) is 53.7 Å². The Morgan fingerprint density at radius 2 is 1.61 bits per heavy atom. The first-order chi connectivity index (χ1) is 11.2. The Kier molecular flexibility index (Phi) is 4.19. The Hall–Kier alpha value is -2.95. The van der Waals surface area contributed by atoms with Crippen molar-refractivity contribution >= 4 is 23.3 Å². The van der Waals surface area contributed by atoms with Gasteiger partial charge in [0, 0.05) is 6.08 Å². The number of hydrogen-bond acceptors (Lipinski definition) is 5. The van der Waals surface area contributed by atoms with Crippen molar-refractivity contribution in [3.05, 3.63) is 47.9 Å². The lowest BCUT2D eigenvalue weighted by Crippen LogP contribution is -1.95. The van der Waals surface area contributed by atoms with Gasteiger partial charge >= 0.3 is 0 Å². The standard InChI is InChI=1S/C18H17NO4/c1-20-15-10-12(11-16(21-2)18(15)22-3)8-9-17-19-13-6-4-5-7-14(13)23-17/h4-11H,1-3H3. The van der Waals surface area contributed by atoms with Gasteiger partial charge in [0.15, 0.2) is 17.1 Å². The molecule has 0 saturated carbocycles. The summed E-state index contributed by atoms with van der Waals surface area (Å²) < 4.78 is 21.7. The summed E-state index contributed by atoms with van der Waals surface area (Å²) in [5.74, 6) is 2.31. The van der Waals surface area contributed by atoms with Gasteiger partial charge in [-0.15, -0.1) is 0 Å². The van der Waals surface area contributed by atoms with Crippen LogP contribution in [0.3, 0.4) is 0 Å². The molecular formula is C18H17NO4. The monoisotopic (exact) mass is 311 g/mol. The average molecular weight is 311 g/mol. The molecule has 23 heavy (non-hydrogen) atoms. The fourth-order valence-electron chi connectivity index (χ4n) is 2.33. The molecule has 0 saturated heterocycles. The van der Waals surface area contributed by atoms with Crippen molar-refractivity contribution in [2.75, 3.05) is 21.3 Å². The van der Waals surface area contributed by atoms with Gasteiger partial charge in [0.25, 0.3) is 0 Å². The van der Waals surface area contributed by atoms with Crippen molar-refractivity contribution in [1.29, 1.82) is 0 Å². The first-order valence-corrected chi connectivity index (χ1v) is 7.09. The van der Waals surface area contributed by atoms with Crippen molar-refractivity contribution in [3.8, 4) is 17.2 Å². The van der Waals surface area contributed by atoms with Crippen molar-refractivity contribution in [1.82, 2.24) is 4.98 Å². The van der Waals surface area contributed by atoms with Crippen LogP contribution < -0.4 is 14.2 Å². The predicted octanol–water partition coefficient (Wildman–Crippen LogP) is 4.02. The highest BCUT2D eigenvalue weighted by atomic mass is 16.5. The fourth-order valence-corrected chi connectivity index (χ4v) is 2.33. The van der Waals surface area contributed by atoms with Crippen molar-refractivity contribution < 1.29 is 18.6 Å². The van der Waals surface area contributed by atoms with Gasteiger partial charge < -0.3 is 18.6 Å². The second-order valence-electron chi connectivity index (χ2n) is 4.81. The zero-order valence-corrected chi connectivity index (χ0v) is 13.2. The van der Waals surface area contributed by atoms with E-state index >= 15 is 0 Å². The zero-order valence-electron chi connectivity index (χ0n) is 13.2. The molecule has 0 bridgehead atoms. The molecule has 3 aromatic rings. The van der Waals surface area contributed by atoms with Crippen LogP contribution in [0.1, 0.15) is 11.5 Å². The lowest BCUT2D eigenvalue weighted by atomic mass is 10.1. The van der Waals surface area contributed by atoms with Crippen LogP contribution in [0.15, 0.2) is 40.8 Å². The largest absolute Gasteiger partial charge is 0.493 e. The molecule has 5 heteroatoms. The lowest BCUT2D eigenvalue weighted by molar-refractivity contribution is 0.324. The number of aromatic nitrogens is 1. The Balaban J connectivity index is 1.95. The van der Waals surface area contributed by atoms with E-state index < -0.39 is 0 Å². The lowest BCUT2D eigenvalue weighted by Gasteiger charge is -2.12. The second kappa shape index (κ2) is 6.44. The third-order valence-electron chi connectivity index (χ3n) is 3.42. The summed E-state index contributed by atoms with van der Waals surface area (Å²) in [6.07, 6.45) is 3.69. The molecule has 5 nitrogen and oxygen atoms in total. The highest BCUT2D eigenvalue weighted by molar-refractivity contribution is 5.76. The van der Waals surface area contributed by atoms with Crippen LogP contribution >= 0.6 is 0 Å². The van der Waals surface area contributed by atoms with E-state index in [-0.39, 0.29) is 0 Å². The van der Waals surface area contributed by atoms with Crippen molar-refractivity contribution in [2.24, 2.45) is 0 Å². The molecule has 2 aromatic carbocycles. The Morgan fingerprint density at radius 3 is 2.22 bits per heavy atom. The van der Waals surface area contributed by atoms with E-state index in [1.807, 2.05) is 42.5 Å². The number of nitrogens with zero attached hydrogens (tertiary/aromatic N) is 1. The molecule has 0 spiro atoms. The van der Waals surface area contributed by atoms with E-state index in [0.29, 0.717) is 23.1 Å². The molecule has 0 unspecified atom stereocenters. The van der Waals surface area contributed by atoms with Crippen LogP contribution in [0.25, 0.3) is 23.3 Å². The quantitative estimate of drug-likeness (QED) is 0.712. The van der Waals surface area contributed by atoms with Gasteiger partial charge in [-0.2, -0.15) is 0 Å². The summed E-state index contributed by atoms with van der Waals surface area (Å²) in [5.41, 5.74) is 2.48. The molecule has 0 atom stereocenters. The maximum Gasteiger partial charge on any atom is 0.220 e. The number of rotatable bonds is 5. The Bertz CT molecular complexity index is 793. The summed E-state index contributed by atoms with van der Waals surface area (Å²) in [5, 5.41) is 0. The number of oxazole rings is 1. The second-order valence-corrected chi connectivity index (χ2v) is 4.81. The van der Waals surface area contributed by atoms with Gasteiger partial charge in [0.1, 0.15) is 5.52 Å². The van der Waals surface area contributed by atoms with Crippen LogP contribution in [0, 0.1) is 0 Å². The summed E-state index contributed by atoms with van der Waals surface area (Å²) in [6, 6.07) is 11.4. The summed E-state index contributed by atoms with van der Waals surface area (Å²) in [6.45, 7) is 0. The van der Waals surface area contributed by atoms with E-state index in [4.69, 9.17) is 18.6 Å². The zero-order chi connectivity index (χ0) is 16.2. The van der Waals surface area contributed by atoms with Crippen molar-refractivity contribution in [3.63, 3.8) is 0 Å². The molecular weight excluding hydrogens is 294 g/mol. The average Bonchev–Trinajstić information content (AvgIpc) is 3.01. The predicted molar refractivity (Wildman–Crippen MR) is 89.0 cm³/mol. The Labute approximate surface area is 134 Å². The van der Waals surface area contributed by atoms with E-state index in [1.54, 1.807) is 27.4 Å². The van der Waals surface area contributed by atoms with E-state index in [1.165, 1.54) is 0 Å². The third kappa shape index (κ3) is 2.99. The maximum atomic E-state index is 5.66. The molecule has 0 aliphatic carbocycles. The van der Waals surface area contributed by atoms with Gasteiger partial charge in [0.2, 0.25) is 11.6 Å². The minimum Gasteiger partial charge on any atom is -0.493 e. The summed E-state index contributed by atoms with van der Waals surface area (Å²) >= 11 is 0. The van der Waals surface area contributed by atoms with E-state index in [2.05, 4.69) is 4.98 Å². The molecule has 0 amide bonds. The van der Waals surface area contributed by atoms with Gasteiger partial charge in [-0.05, 0) is 35.9 Å². The normalized spacial score (nSPS) is 11.1. The molecule has 3 rings (SSSR count). The van der Waals surface area contributed by atoms with Crippen molar-refractivity contribution in [2.45, 2.75) is 0 Å². The van der Waals surface area contributed by atoms with Gasteiger partial charge in [-0.3, -0.25) is 0 Å². The first-order valence-electron chi connectivity index (χ1n) is 7.09. The highest BCUT2D eigenvalue weighted by Gasteiger charge is 2.12. The molecule has 0 aliphatic rings. The minimum absolute atomic E-state index is 0.542. The van der Waals surface area contributed by atoms with E-state index in [0.717, 1.165) is 16.7 Å². The fraction of sp³-hybridized carbons (Fsp3) is 0.167. The number of para-hydroxylation sites is 2. The SMILES string of the molecule is COc1cc(C=Cc2nc3ccccc3o2)cc(OC)c1OC. The maximum absolute atomic E-state index is 5.66. The van der Waals surface area contributed by atoms with Crippen LogP contribution in [0.5, 0.6) is 17.2 Å². The van der Waals surface area contributed by atoms with Gasteiger partial charge in [0.05, 0.1) is 21.3 Å². The number of methoxy groups -OCH3 is 3. The number of fused-ring (bicyclic) bond motifs is 1. The Morgan fingerprint density at radius 1 is 0.913 bits per heavy atom. The summed E-state index contributed by atoms with van der Waals surface area (Å²) in [7, 11) is 4.76. The van der Waals surface area contributed by atoms with Gasteiger partial charge in [-0.25, -0.2) is 4.98 Å². The molecule has 1 heterocycles. The molecule has 0 N–H and O–H groups in total. The number of ether oxygens (including phenoxy) is 3. The van der Waals surface area contributed by atoms with Gasteiger partial charge in [-0.1, -0.05) is 12.1 Å². The molecule has 1 aromatic heterocycles. The van der Waals surface area contributed by atoms with Crippen LogP contribution in [-0.4, -0.2) is 26.3 Å². The molecule has 0 fully saturated rings. The number of benzene rings is 2. The minimum atomic E-state index is 0.542. The smallest absolute Gasteiger partial charge is 0.220 e. The van der Waals surface area contributed by atoms with Crippen LogP contribution in [0.4, 0.5) is 0 Å². The van der Waals surface area contributed by atoms with Crippen LogP contribution in [-0.2, 0) is 0 Å². The summed E-state index contributed by atoms with van der Waals surface area (Å²) in [4.78, 5) is 4.41. The first kappa shape index (κ1) is 15.0. The molecule has 0 aliphatic heterocycles. The van der Waals surface area contributed by atoms with Crippen LogP contribution in [0.2, 0.25) is 0 Å². The highest BCUT2D eigenvalue weighted by Crippen LogP contribution is 2.38. The molecule has 118 valence electrons.